The van der Waals surface area contributed by atoms with Gasteiger partial charge >= 0.3 is 0 Å². The quantitative estimate of drug-likeness (QED) is 0.267. The van der Waals surface area contributed by atoms with Crippen LogP contribution in [0.5, 0.6) is 0 Å². The molecule has 3 nitrogen and oxygen atoms in total. The van der Waals surface area contributed by atoms with Crippen molar-refractivity contribution in [3.05, 3.63) is 70.3 Å². The molecule has 1 aromatic rings. The molecule has 4 unspecified atom stereocenters. The summed E-state index contributed by atoms with van der Waals surface area (Å²) in [4.78, 5) is 14.5. The molecule has 3 fully saturated rings. The van der Waals surface area contributed by atoms with Crippen LogP contribution in [0, 0.1) is 34.5 Å². The van der Waals surface area contributed by atoms with Crippen molar-refractivity contribution in [2.75, 3.05) is 32.8 Å². The molecule has 0 amide bonds. The van der Waals surface area contributed by atoms with Crippen LogP contribution in [0.1, 0.15) is 82.1 Å². The van der Waals surface area contributed by atoms with Crippen LogP contribution in [0.4, 0.5) is 0 Å². The molecule has 2 heterocycles. The lowest BCUT2D eigenvalue weighted by Crippen LogP contribution is -2.52. The predicted molar refractivity (Wildman–Crippen MR) is 155 cm³/mol. The lowest BCUT2D eigenvalue weighted by molar-refractivity contribution is -0.130. The second kappa shape index (κ2) is 10.2. The minimum absolute atomic E-state index is 0.147. The number of benzene rings is 1. The van der Waals surface area contributed by atoms with Crippen molar-refractivity contribution in [1.82, 2.24) is 4.90 Å². The van der Waals surface area contributed by atoms with E-state index < -0.39 is 0 Å². The summed E-state index contributed by atoms with van der Waals surface area (Å²) in [6, 6.07) is 8.41. The van der Waals surface area contributed by atoms with Gasteiger partial charge in [-0.1, -0.05) is 73.1 Å². The molecule has 1 aromatic carbocycles. The van der Waals surface area contributed by atoms with E-state index in [1.165, 1.54) is 63.7 Å². The number of Topliss-reactive ketones (excluding diaryl/α,β-unsaturated/α-hetero) is 1. The van der Waals surface area contributed by atoms with E-state index in [0.29, 0.717) is 17.3 Å². The number of ether oxygens (including phenoxy) is 1. The predicted octanol–water partition coefficient (Wildman–Crippen LogP) is 7.44. The minimum atomic E-state index is 0.147. The summed E-state index contributed by atoms with van der Waals surface area (Å²) in [5, 5.41) is 0. The lowest BCUT2D eigenvalue weighted by Gasteiger charge is -2.46. The zero-order valence-electron chi connectivity index (χ0n) is 24.1. The topological polar surface area (TPSA) is 29.5 Å². The Morgan fingerprint density at radius 1 is 1.13 bits per heavy atom. The van der Waals surface area contributed by atoms with Crippen LogP contribution >= 0.6 is 0 Å². The van der Waals surface area contributed by atoms with Crippen molar-refractivity contribution in [3.63, 3.8) is 0 Å². The largest absolute Gasteiger partial charge is 0.380 e. The number of allylic oxidation sites excluding steroid dienone is 6. The second-order valence-corrected chi connectivity index (χ2v) is 13.5. The molecule has 204 valence electrons. The summed E-state index contributed by atoms with van der Waals surface area (Å²) in [5.74, 6) is 3.04. The van der Waals surface area contributed by atoms with Gasteiger partial charge < -0.3 is 9.64 Å². The smallest absolute Gasteiger partial charge is 0.159 e. The number of rotatable bonds is 8. The number of carbonyl (C=O) groups excluding carboxylic acids is 1. The molecule has 6 rings (SSSR count). The van der Waals surface area contributed by atoms with Crippen LogP contribution in [0.15, 0.2) is 59.2 Å². The number of ketones is 1. The summed E-state index contributed by atoms with van der Waals surface area (Å²) in [5.41, 5.74) is 7.91. The van der Waals surface area contributed by atoms with E-state index in [2.05, 4.69) is 56.0 Å². The van der Waals surface area contributed by atoms with Gasteiger partial charge in [0, 0.05) is 22.9 Å². The lowest BCUT2D eigenvalue weighted by atomic mass is 9.76. The van der Waals surface area contributed by atoms with Crippen LogP contribution in [0.25, 0.3) is 0 Å². The zero-order chi connectivity index (χ0) is 26.5. The normalized spacial score (nSPS) is 32.6. The number of carbonyl (C=O) groups is 1. The van der Waals surface area contributed by atoms with Gasteiger partial charge in [0.25, 0.3) is 0 Å². The van der Waals surface area contributed by atoms with E-state index in [-0.39, 0.29) is 11.2 Å². The molecule has 2 saturated heterocycles. The number of piperidine rings is 1. The van der Waals surface area contributed by atoms with Crippen molar-refractivity contribution >= 4 is 5.78 Å². The number of likely N-dealkylation sites (tertiary alicyclic amines) is 1. The SMILES string of the molecule is CCC1(CN2CCC(CC3CC4=CC=CC5CC45C(Cc4ccc(C(C)=O)cc4)=C(C)C3C)CC2)COC1. The highest BCUT2D eigenvalue weighted by molar-refractivity contribution is 5.94. The Bertz CT molecular complexity index is 1140. The molecule has 3 aliphatic carbocycles. The molecule has 5 aliphatic rings. The van der Waals surface area contributed by atoms with Crippen molar-refractivity contribution in [2.45, 2.75) is 72.6 Å². The highest BCUT2D eigenvalue weighted by Gasteiger charge is 2.59. The van der Waals surface area contributed by atoms with Crippen molar-refractivity contribution < 1.29 is 9.53 Å². The Kier molecular flexibility index (Phi) is 7.06. The van der Waals surface area contributed by atoms with E-state index in [1.807, 2.05) is 12.1 Å². The maximum absolute atomic E-state index is 11.8. The van der Waals surface area contributed by atoms with Crippen LogP contribution in [0.3, 0.4) is 0 Å². The van der Waals surface area contributed by atoms with Crippen LogP contribution in [-0.4, -0.2) is 43.5 Å². The summed E-state index contributed by atoms with van der Waals surface area (Å²) < 4.78 is 5.59. The maximum atomic E-state index is 11.8. The number of hydrogen-bond acceptors (Lipinski definition) is 3. The molecule has 4 atom stereocenters. The maximum Gasteiger partial charge on any atom is 0.159 e. The molecule has 1 spiro atoms. The van der Waals surface area contributed by atoms with Gasteiger partial charge in [0.15, 0.2) is 5.78 Å². The fourth-order valence-electron chi connectivity index (χ4n) is 8.30. The van der Waals surface area contributed by atoms with Crippen molar-refractivity contribution in [3.8, 4) is 0 Å². The van der Waals surface area contributed by atoms with Crippen molar-refractivity contribution in [1.29, 1.82) is 0 Å². The third-order valence-corrected chi connectivity index (χ3v) is 11.3. The molecule has 0 radical (unpaired) electrons. The molecular weight excluding hydrogens is 466 g/mol. The fourth-order valence-corrected chi connectivity index (χ4v) is 8.30. The molecule has 0 bridgehead atoms. The van der Waals surface area contributed by atoms with Crippen LogP contribution in [0.2, 0.25) is 0 Å². The van der Waals surface area contributed by atoms with Crippen LogP contribution < -0.4 is 0 Å². The summed E-state index contributed by atoms with van der Waals surface area (Å²) in [6.45, 7) is 14.7. The van der Waals surface area contributed by atoms with Crippen molar-refractivity contribution in [2.24, 2.45) is 34.5 Å². The van der Waals surface area contributed by atoms with Gasteiger partial charge in [-0.05, 0) is 101 Å². The first kappa shape index (κ1) is 26.3. The minimum Gasteiger partial charge on any atom is -0.380 e. The van der Waals surface area contributed by atoms with E-state index >= 15 is 0 Å². The van der Waals surface area contributed by atoms with E-state index in [1.54, 1.807) is 23.6 Å². The third-order valence-electron chi connectivity index (χ3n) is 11.3. The summed E-state index contributed by atoms with van der Waals surface area (Å²) in [7, 11) is 0. The van der Waals surface area contributed by atoms with Gasteiger partial charge in [-0.2, -0.15) is 0 Å². The first-order valence-corrected chi connectivity index (χ1v) is 15.3. The molecule has 0 N–H and O–H groups in total. The van der Waals surface area contributed by atoms with Gasteiger partial charge in [-0.15, -0.1) is 0 Å². The highest BCUT2D eigenvalue weighted by Crippen LogP contribution is 2.68. The highest BCUT2D eigenvalue weighted by atomic mass is 16.5. The summed E-state index contributed by atoms with van der Waals surface area (Å²) >= 11 is 0. The van der Waals surface area contributed by atoms with Gasteiger partial charge in [0.1, 0.15) is 0 Å². The average Bonchev–Trinajstić information content (AvgIpc) is 3.66. The number of hydrogen-bond donors (Lipinski definition) is 0. The van der Waals surface area contributed by atoms with Gasteiger partial charge in [-0.25, -0.2) is 0 Å². The molecule has 3 heteroatoms. The third kappa shape index (κ3) is 4.68. The molecule has 38 heavy (non-hydrogen) atoms. The van der Waals surface area contributed by atoms with Gasteiger partial charge in [-0.3, -0.25) is 4.79 Å². The Morgan fingerprint density at radius 3 is 2.50 bits per heavy atom. The Labute approximate surface area is 230 Å². The molecule has 2 aliphatic heterocycles. The first-order chi connectivity index (χ1) is 18.3. The zero-order valence-corrected chi connectivity index (χ0v) is 24.1. The Hall–Kier alpha value is -1.97. The molecule has 0 aromatic heterocycles. The summed E-state index contributed by atoms with van der Waals surface area (Å²) in [6.07, 6.45) is 16.2. The standard InChI is InChI=1S/C35H47NO2/c1-5-34(22-38-23-34)21-36-15-13-28(14-16-36)17-30-19-31-7-6-8-32-20-35(31,32)33(25(3)24(30)2)18-27-9-11-29(12-10-27)26(4)37/h6-12,24,28,30,32H,5,13-23H2,1-4H3. The van der Waals surface area contributed by atoms with E-state index in [0.717, 1.165) is 37.0 Å². The second-order valence-electron chi connectivity index (χ2n) is 13.5. The monoisotopic (exact) mass is 513 g/mol. The van der Waals surface area contributed by atoms with Gasteiger partial charge in [0.2, 0.25) is 0 Å². The Balaban J connectivity index is 1.18. The first-order valence-electron chi connectivity index (χ1n) is 15.3. The Morgan fingerprint density at radius 2 is 1.87 bits per heavy atom. The van der Waals surface area contributed by atoms with Gasteiger partial charge in [0.05, 0.1) is 13.2 Å². The van der Waals surface area contributed by atoms with Crippen LogP contribution in [-0.2, 0) is 11.2 Å². The van der Waals surface area contributed by atoms with E-state index in [9.17, 15) is 4.79 Å². The number of nitrogens with zero attached hydrogens (tertiary/aromatic N) is 1. The van der Waals surface area contributed by atoms with E-state index in [4.69, 9.17) is 4.74 Å². The molecule has 1 saturated carbocycles. The molecular formula is C35H47NO2. The fraction of sp³-hybridized carbons (Fsp3) is 0.629. The average molecular weight is 514 g/mol.